The third-order valence-electron chi connectivity index (χ3n) is 3.46. The predicted octanol–water partition coefficient (Wildman–Crippen LogP) is 1.36. The number of nitrogens with one attached hydrogen (secondary N) is 2. The van der Waals surface area contributed by atoms with Gasteiger partial charge in [0.1, 0.15) is 0 Å². The Labute approximate surface area is 134 Å². The van der Waals surface area contributed by atoms with Gasteiger partial charge in [-0.2, -0.15) is 0 Å². The SMILES string of the molecule is CN=C(NCCCN(C)CCOC)NCCc1ccccc1. The number of rotatable bonds is 10. The Morgan fingerprint density at radius 2 is 1.86 bits per heavy atom. The molecule has 1 aromatic carbocycles. The van der Waals surface area contributed by atoms with E-state index >= 15 is 0 Å². The van der Waals surface area contributed by atoms with Gasteiger partial charge < -0.3 is 20.3 Å². The van der Waals surface area contributed by atoms with Crippen LogP contribution in [-0.4, -0.2) is 64.9 Å². The first kappa shape index (κ1) is 18.5. The third kappa shape index (κ3) is 8.64. The van der Waals surface area contributed by atoms with Crippen molar-refractivity contribution in [3.63, 3.8) is 0 Å². The van der Waals surface area contributed by atoms with E-state index in [1.54, 1.807) is 7.11 Å². The van der Waals surface area contributed by atoms with Crippen molar-refractivity contribution in [3.8, 4) is 0 Å². The van der Waals surface area contributed by atoms with E-state index in [9.17, 15) is 0 Å². The van der Waals surface area contributed by atoms with Crippen molar-refractivity contribution < 1.29 is 4.74 Å². The van der Waals surface area contributed by atoms with Crippen LogP contribution in [0.25, 0.3) is 0 Å². The lowest BCUT2D eigenvalue weighted by molar-refractivity contribution is 0.161. The Kier molecular flexibility index (Phi) is 10.1. The number of ether oxygens (including phenoxy) is 1. The maximum Gasteiger partial charge on any atom is 0.190 e. The van der Waals surface area contributed by atoms with Gasteiger partial charge in [-0.25, -0.2) is 0 Å². The molecule has 0 atom stereocenters. The minimum absolute atomic E-state index is 0.784. The van der Waals surface area contributed by atoms with E-state index in [0.29, 0.717) is 0 Å². The minimum Gasteiger partial charge on any atom is -0.383 e. The van der Waals surface area contributed by atoms with Crippen molar-refractivity contribution in [1.29, 1.82) is 0 Å². The number of guanidine groups is 1. The average Bonchev–Trinajstić information content (AvgIpc) is 2.56. The standard InChI is InChI=1S/C17H30N4O/c1-18-17(19-11-7-13-21(2)14-15-22-3)20-12-10-16-8-5-4-6-9-16/h4-6,8-9H,7,10-15H2,1-3H3,(H2,18,19,20). The van der Waals surface area contributed by atoms with E-state index in [4.69, 9.17) is 4.74 Å². The summed E-state index contributed by atoms with van der Waals surface area (Å²) in [6.45, 7) is 4.62. The van der Waals surface area contributed by atoms with Crippen molar-refractivity contribution >= 4 is 5.96 Å². The lowest BCUT2D eigenvalue weighted by Crippen LogP contribution is -2.39. The van der Waals surface area contributed by atoms with Crippen LogP contribution in [0.4, 0.5) is 0 Å². The first-order valence-corrected chi connectivity index (χ1v) is 7.92. The Morgan fingerprint density at radius 3 is 2.55 bits per heavy atom. The maximum absolute atomic E-state index is 5.07. The number of hydrogen-bond donors (Lipinski definition) is 2. The topological polar surface area (TPSA) is 48.9 Å². The summed E-state index contributed by atoms with van der Waals surface area (Å²) in [7, 11) is 5.66. The minimum atomic E-state index is 0.784. The van der Waals surface area contributed by atoms with E-state index in [1.807, 2.05) is 13.1 Å². The van der Waals surface area contributed by atoms with Crippen molar-refractivity contribution in [3.05, 3.63) is 35.9 Å². The Bertz CT molecular complexity index is 408. The van der Waals surface area contributed by atoms with Crippen molar-refractivity contribution in [1.82, 2.24) is 15.5 Å². The fourth-order valence-electron chi connectivity index (χ4n) is 2.11. The van der Waals surface area contributed by atoms with Gasteiger partial charge in [-0.1, -0.05) is 30.3 Å². The number of benzene rings is 1. The first-order valence-electron chi connectivity index (χ1n) is 7.92. The highest BCUT2D eigenvalue weighted by molar-refractivity contribution is 5.79. The molecule has 2 N–H and O–H groups in total. The normalized spacial score (nSPS) is 11.7. The highest BCUT2D eigenvalue weighted by Crippen LogP contribution is 1.97. The van der Waals surface area contributed by atoms with Gasteiger partial charge in [-0.15, -0.1) is 0 Å². The van der Waals surface area contributed by atoms with Gasteiger partial charge in [0.05, 0.1) is 6.61 Å². The summed E-state index contributed by atoms with van der Waals surface area (Å²) in [5.41, 5.74) is 1.34. The molecule has 22 heavy (non-hydrogen) atoms. The number of nitrogens with zero attached hydrogens (tertiary/aromatic N) is 2. The van der Waals surface area contributed by atoms with Crippen LogP contribution in [0.3, 0.4) is 0 Å². The Hall–Kier alpha value is -1.59. The molecule has 124 valence electrons. The Balaban J connectivity index is 2.10. The summed E-state index contributed by atoms with van der Waals surface area (Å²) >= 11 is 0. The summed E-state index contributed by atoms with van der Waals surface area (Å²) in [5.74, 6) is 0.871. The van der Waals surface area contributed by atoms with Crippen LogP contribution >= 0.6 is 0 Å². The smallest absolute Gasteiger partial charge is 0.190 e. The van der Waals surface area contributed by atoms with Crippen LogP contribution in [0, 0.1) is 0 Å². The van der Waals surface area contributed by atoms with Gasteiger partial charge in [0.2, 0.25) is 0 Å². The molecule has 5 heteroatoms. The summed E-state index contributed by atoms with van der Waals surface area (Å²) in [6.07, 6.45) is 2.08. The largest absolute Gasteiger partial charge is 0.383 e. The van der Waals surface area contributed by atoms with Crippen LogP contribution in [0.2, 0.25) is 0 Å². The van der Waals surface area contributed by atoms with E-state index in [2.05, 4.69) is 51.8 Å². The van der Waals surface area contributed by atoms with Gasteiger partial charge >= 0.3 is 0 Å². The summed E-state index contributed by atoms with van der Waals surface area (Å²) < 4.78 is 5.07. The van der Waals surface area contributed by atoms with Gasteiger partial charge in [0.15, 0.2) is 5.96 Å². The van der Waals surface area contributed by atoms with E-state index in [0.717, 1.165) is 51.6 Å². The molecule has 0 aliphatic rings. The second-order valence-electron chi connectivity index (χ2n) is 5.31. The molecular formula is C17H30N4O. The molecule has 0 fully saturated rings. The third-order valence-corrected chi connectivity index (χ3v) is 3.46. The zero-order valence-corrected chi connectivity index (χ0v) is 14.1. The molecule has 5 nitrogen and oxygen atoms in total. The number of hydrogen-bond acceptors (Lipinski definition) is 3. The lowest BCUT2D eigenvalue weighted by Gasteiger charge is -2.17. The quantitative estimate of drug-likeness (QED) is 0.389. The molecule has 0 amide bonds. The summed E-state index contributed by atoms with van der Waals surface area (Å²) in [4.78, 5) is 6.52. The fourth-order valence-corrected chi connectivity index (χ4v) is 2.11. The number of methoxy groups -OCH3 is 1. The second-order valence-corrected chi connectivity index (χ2v) is 5.31. The molecule has 0 aliphatic carbocycles. The predicted molar refractivity (Wildman–Crippen MR) is 93.5 cm³/mol. The van der Waals surface area contributed by atoms with Gasteiger partial charge in [-0.05, 0) is 32.0 Å². The maximum atomic E-state index is 5.07. The van der Waals surface area contributed by atoms with Crippen molar-refractivity contribution in [2.75, 3.05) is 54.0 Å². The summed E-state index contributed by atoms with van der Waals surface area (Å²) in [5, 5.41) is 6.69. The second kappa shape index (κ2) is 12.0. The average molecular weight is 306 g/mol. The molecule has 0 radical (unpaired) electrons. The molecule has 0 unspecified atom stereocenters. The molecule has 0 aliphatic heterocycles. The molecule has 1 aromatic rings. The number of aliphatic imine (C=N–C) groups is 1. The van der Waals surface area contributed by atoms with Crippen LogP contribution in [0.1, 0.15) is 12.0 Å². The molecule has 0 saturated carbocycles. The monoisotopic (exact) mass is 306 g/mol. The molecule has 0 aromatic heterocycles. The number of likely N-dealkylation sites (N-methyl/N-ethyl adjacent to an activating group) is 1. The van der Waals surface area contributed by atoms with Gasteiger partial charge in [0, 0.05) is 33.8 Å². The molecule has 1 rings (SSSR count). The van der Waals surface area contributed by atoms with Gasteiger partial charge in [0.25, 0.3) is 0 Å². The molecule has 0 spiro atoms. The van der Waals surface area contributed by atoms with Crippen LogP contribution < -0.4 is 10.6 Å². The molecule has 0 saturated heterocycles. The first-order chi connectivity index (χ1) is 10.8. The van der Waals surface area contributed by atoms with Crippen LogP contribution in [0.5, 0.6) is 0 Å². The zero-order chi connectivity index (χ0) is 16.0. The summed E-state index contributed by atoms with van der Waals surface area (Å²) in [6, 6.07) is 10.5. The molecule has 0 heterocycles. The highest BCUT2D eigenvalue weighted by atomic mass is 16.5. The lowest BCUT2D eigenvalue weighted by atomic mass is 10.1. The van der Waals surface area contributed by atoms with Crippen molar-refractivity contribution in [2.45, 2.75) is 12.8 Å². The zero-order valence-electron chi connectivity index (χ0n) is 14.1. The highest BCUT2D eigenvalue weighted by Gasteiger charge is 2.00. The van der Waals surface area contributed by atoms with Crippen LogP contribution in [-0.2, 0) is 11.2 Å². The van der Waals surface area contributed by atoms with E-state index in [-0.39, 0.29) is 0 Å². The fraction of sp³-hybridized carbons (Fsp3) is 0.588. The van der Waals surface area contributed by atoms with Gasteiger partial charge in [-0.3, -0.25) is 4.99 Å². The Morgan fingerprint density at radius 1 is 1.14 bits per heavy atom. The molecule has 0 bridgehead atoms. The van der Waals surface area contributed by atoms with E-state index in [1.165, 1.54) is 5.56 Å². The van der Waals surface area contributed by atoms with Crippen LogP contribution in [0.15, 0.2) is 35.3 Å². The van der Waals surface area contributed by atoms with Crippen molar-refractivity contribution in [2.24, 2.45) is 4.99 Å². The van der Waals surface area contributed by atoms with E-state index < -0.39 is 0 Å². The molecular weight excluding hydrogens is 276 g/mol.